The fourth-order valence-electron chi connectivity index (χ4n) is 14.0. The molecule has 0 spiro atoms. The van der Waals surface area contributed by atoms with E-state index in [4.69, 9.17) is 81.3 Å². The molecule has 0 aromatic heterocycles. The summed E-state index contributed by atoms with van der Waals surface area (Å²) in [6.07, 6.45) is -20.2. The first-order chi connectivity index (χ1) is 55.7. The van der Waals surface area contributed by atoms with E-state index in [0.29, 0.717) is 31.4 Å². The highest BCUT2D eigenvalue weighted by atomic mass is 16.8. The van der Waals surface area contributed by atoms with E-state index >= 15 is 9.59 Å². The summed E-state index contributed by atoms with van der Waals surface area (Å²) in [6.45, 7) is -0.809. The van der Waals surface area contributed by atoms with Crippen LogP contribution in [0.2, 0.25) is 0 Å². The van der Waals surface area contributed by atoms with Gasteiger partial charge in [-0.15, -0.1) is 0 Å². The largest absolute Gasteiger partial charge is 0.459 e. The summed E-state index contributed by atoms with van der Waals surface area (Å²) >= 11 is 0. The second kappa shape index (κ2) is 40.1. The maximum Gasteiger partial charge on any atom is 0.338 e. The van der Waals surface area contributed by atoms with Crippen molar-refractivity contribution in [2.45, 2.75) is 144 Å². The van der Waals surface area contributed by atoms with Gasteiger partial charge in [-0.2, -0.15) is 0 Å². The zero-order valence-corrected chi connectivity index (χ0v) is 61.9. The Hall–Kier alpha value is -10.8. The molecule has 15 unspecified atom stereocenters. The van der Waals surface area contributed by atoms with Crippen LogP contribution in [0.1, 0.15) is 94.8 Å². The Morgan fingerprint density at radius 3 is 1.50 bits per heavy atom. The van der Waals surface area contributed by atoms with Gasteiger partial charge in [-0.05, 0) is 106 Å². The van der Waals surface area contributed by atoms with Gasteiger partial charge in [0.05, 0.1) is 55.3 Å². The Morgan fingerprint density at radius 1 is 0.416 bits per heavy atom. The Labute approximate surface area is 654 Å². The summed E-state index contributed by atoms with van der Waals surface area (Å²) in [7, 11) is 0. The van der Waals surface area contributed by atoms with E-state index in [2.05, 4.69) is 10.0 Å². The molecule has 0 N–H and O–H groups in total. The average molecular weight is 1530 g/mol. The number of hydrogen-bond acceptors (Lipinski definition) is 21. The molecule has 0 aliphatic carbocycles. The number of hydrogen-bond donors (Lipinski definition) is 0. The van der Waals surface area contributed by atoms with Crippen LogP contribution >= 0.6 is 0 Å². The van der Waals surface area contributed by atoms with E-state index in [1.165, 1.54) is 0 Å². The van der Waals surface area contributed by atoms with Crippen molar-refractivity contribution >= 4 is 34.6 Å². The summed E-state index contributed by atoms with van der Waals surface area (Å²) in [4.78, 5) is 62.3. The molecule has 4 fully saturated rings. The quantitative estimate of drug-likeness (QED) is 0.00892. The molecule has 4 aliphatic rings. The van der Waals surface area contributed by atoms with Gasteiger partial charge in [0.25, 0.3) is 0 Å². The Bertz CT molecular complexity index is 4680. The zero-order chi connectivity index (χ0) is 77.3. The minimum atomic E-state index is -1.80. The van der Waals surface area contributed by atoms with Gasteiger partial charge >= 0.3 is 23.9 Å². The number of carbonyl (C=O) groups excluding carboxylic acids is 4. The molecule has 10 aromatic rings. The molecule has 4 saturated heterocycles. The number of unbranched alkanes of at least 4 members (excludes halogenated alkanes) is 2. The highest BCUT2D eigenvalue weighted by Gasteiger charge is 2.61. The van der Waals surface area contributed by atoms with Crippen LogP contribution in [0.3, 0.4) is 0 Å². The lowest BCUT2D eigenvalue weighted by Gasteiger charge is -2.49. The number of ether oxygens (including phenoxy) is 16. The number of nitrogens with zero attached hydrogens (tertiary/aromatic N) is 3. The predicted octanol–water partition coefficient (Wildman–Crippen LogP) is 15.2. The minimum Gasteiger partial charge on any atom is -0.459 e. The number of carbonyl (C=O) groups is 4. The fourth-order valence-corrected chi connectivity index (χ4v) is 14.0. The number of rotatable bonds is 35. The lowest BCUT2D eigenvalue weighted by atomic mass is 9.96. The molecule has 4 aliphatic heterocycles. The van der Waals surface area contributed by atoms with Crippen molar-refractivity contribution < 1.29 is 95.0 Å². The molecule has 0 saturated carbocycles. The van der Waals surface area contributed by atoms with Crippen LogP contribution in [0.15, 0.2) is 290 Å². The molecule has 582 valence electrons. The van der Waals surface area contributed by atoms with Gasteiger partial charge in [0.2, 0.25) is 0 Å². The van der Waals surface area contributed by atoms with Crippen LogP contribution in [0.4, 0.5) is 0 Å². The first-order valence-electron chi connectivity index (χ1n) is 37.9. The number of benzene rings is 10. The Kier molecular flexibility index (Phi) is 28.0. The summed E-state index contributed by atoms with van der Waals surface area (Å²) in [5.74, 6) is -3.19. The SMILES string of the molecule is [N-]=[N+]=NCCCCCOC1OC2COC(c3ccccc3)OC2C(OC2OC([C@@H](COC(=O)c3ccccc3)OC(=O)c3ccccc3)C(OC3OC(COC(=O)c4ccccc4)C(OCc4ccccc4)C(OCc4ccc5ccccc5c4)C3OCc3ccccc3)C2OC(=O)c2ccccc2)C1OCc1ccccc1. The summed E-state index contributed by atoms with van der Waals surface area (Å²) < 4.78 is 112. The van der Waals surface area contributed by atoms with Crippen LogP contribution in [-0.2, 0) is 102 Å². The van der Waals surface area contributed by atoms with E-state index in [1.54, 1.807) is 121 Å². The summed E-state index contributed by atoms with van der Waals surface area (Å²) in [5.41, 5.74) is 13.5. The lowest BCUT2D eigenvalue weighted by Crippen LogP contribution is -2.65. The monoisotopic (exact) mass is 1530 g/mol. The zero-order valence-electron chi connectivity index (χ0n) is 61.9. The molecular formula is C90H87N3O20. The number of esters is 4. The molecule has 4 heterocycles. The molecule has 10 aromatic carbocycles. The molecule has 0 radical (unpaired) electrons. The third kappa shape index (κ3) is 21.1. The van der Waals surface area contributed by atoms with Crippen molar-refractivity contribution in [2.24, 2.45) is 5.11 Å². The van der Waals surface area contributed by atoms with E-state index in [1.807, 2.05) is 164 Å². The maximum absolute atomic E-state index is 15.5. The standard InChI is InChI=1S/C90H87N3O20/c91-93-92-50-28-9-29-51-98-88-81(102-55-62-34-14-3-15-35-62)78(76-73(107-88)59-105-87(110-76)69-45-24-8-25-46-69)112-90-82(109-86(97)68-43-22-7-23-44-68)79(75(111-90)72(106-85(96)67-41-20-6-21-42-67)58-104-84(95)66-39-18-5-19-40-66)113-89-80(101-54-61-32-12-2-13-33-61)77(100-56-63-48-49-64-36-26-27-47-70(64)52-63)74(99-53-60-30-10-1-11-31-60)71(108-89)57-103-83(94)65-37-16-4-17-38-65/h1-8,10-27,30-49,52,71-82,87-90H,9,28-29,50-51,53-59H2/t71?,72-,73?,74?,75?,76?,77?,78?,79?,80?,81?,82?,87?,88?,89?,90?/m1/s1. The van der Waals surface area contributed by atoms with Gasteiger partial charge in [0.1, 0.15) is 74.3 Å². The predicted molar refractivity (Wildman–Crippen MR) is 412 cm³/mol. The van der Waals surface area contributed by atoms with Crippen LogP contribution in [0.5, 0.6) is 0 Å². The van der Waals surface area contributed by atoms with Crippen molar-refractivity contribution in [3.8, 4) is 0 Å². The van der Waals surface area contributed by atoms with E-state index in [0.717, 1.165) is 33.0 Å². The second-order valence-corrected chi connectivity index (χ2v) is 27.5. The topological polar surface area (TPSA) is 265 Å². The number of fused-ring (bicyclic) bond motifs is 2. The molecular weight excluding hydrogens is 1440 g/mol. The molecule has 23 nitrogen and oxygen atoms in total. The van der Waals surface area contributed by atoms with Crippen molar-refractivity contribution in [1.29, 1.82) is 0 Å². The third-order valence-corrected chi connectivity index (χ3v) is 19.8. The van der Waals surface area contributed by atoms with Crippen molar-refractivity contribution in [3.05, 3.63) is 346 Å². The van der Waals surface area contributed by atoms with Crippen LogP contribution < -0.4 is 0 Å². The Morgan fingerprint density at radius 2 is 0.903 bits per heavy atom. The van der Waals surface area contributed by atoms with E-state index < -0.39 is 135 Å². The van der Waals surface area contributed by atoms with Crippen molar-refractivity contribution in [2.75, 3.05) is 33.0 Å². The van der Waals surface area contributed by atoms with Gasteiger partial charge in [0.15, 0.2) is 37.4 Å². The first kappa shape index (κ1) is 78.8. The molecule has 0 amide bonds. The van der Waals surface area contributed by atoms with Crippen LogP contribution in [0.25, 0.3) is 21.2 Å². The maximum atomic E-state index is 15.5. The van der Waals surface area contributed by atoms with Gasteiger partial charge in [-0.3, -0.25) is 0 Å². The highest BCUT2D eigenvalue weighted by Crippen LogP contribution is 2.43. The van der Waals surface area contributed by atoms with E-state index in [-0.39, 0.29) is 61.9 Å². The highest BCUT2D eigenvalue weighted by molar-refractivity contribution is 5.91. The number of azide groups is 1. The fraction of sp³-hybridized carbons (Fsp3) is 0.311. The first-order valence-corrected chi connectivity index (χ1v) is 37.9. The molecule has 113 heavy (non-hydrogen) atoms. The summed E-state index contributed by atoms with van der Waals surface area (Å²) in [6, 6.07) is 85.0. The molecule has 16 atom stereocenters. The normalized spacial score (nSPS) is 24.2. The van der Waals surface area contributed by atoms with Crippen molar-refractivity contribution in [1.82, 2.24) is 0 Å². The van der Waals surface area contributed by atoms with Gasteiger partial charge in [0, 0.05) is 23.6 Å². The van der Waals surface area contributed by atoms with Crippen LogP contribution in [0, 0.1) is 0 Å². The Balaban J connectivity index is 0.927. The third-order valence-electron chi connectivity index (χ3n) is 19.8. The van der Waals surface area contributed by atoms with Crippen molar-refractivity contribution in [3.63, 3.8) is 0 Å². The minimum absolute atomic E-state index is 0.00126. The molecule has 0 bridgehead atoms. The van der Waals surface area contributed by atoms with Gasteiger partial charge in [-0.25, -0.2) is 19.2 Å². The van der Waals surface area contributed by atoms with Gasteiger partial charge < -0.3 is 75.8 Å². The van der Waals surface area contributed by atoms with E-state index in [9.17, 15) is 9.59 Å². The van der Waals surface area contributed by atoms with Crippen LogP contribution in [-0.4, -0.2) is 149 Å². The van der Waals surface area contributed by atoms with Gasteiger partial charge in [-0.1, -0.05) is 242 Å². The molecule has 14 rings (SSSR count). The average Bonchev–Trinajstić information content (AvgIpc) is 1.73. The summed E-state index contributed by atoms with van der Waals surface area (Å²) in [5, 5.41) is 5.69. The lowest BCUT2D eigenvalue weighted by molar-refractivity contribution is -0.384. The smallest absolute Gasteiger partial charge is 0.338 e. The second-order valence-electron chi connectivity index (χ2n) is 27.5. The molecule has 23 heteroatoms.